The molecule has 6 heteroatoms. The number of primary amides is 1. The van der Waals surface area contributed by atoms with E-state index in [1.807, 2.05) is 51.1 Å². The van der Waals surface area contributed by atoms with Crippen molar-refractivity contribution in [3.63, 3.8) is 0 Å². The predicted molar refractivity (Wildman–Crippen MR) is 108 cm³/mol. The van der Waals surface area contributed by atoms with Gasteiger partial charge in [0.15, 0.2) is 5.78 Å². The Morgan fingerprint density at radius 3 is 2.30 bits per heavy atom. The normalized spacial score (nSPS) is 17.0. The Labute approximate surface area is 165 Å². The molecule has 1 amide bonds. The Hall–Kier alpha value is -2.11. The molecule has 1 atom stereocenters. The zero-order valence-electron chi connectivity index (χ0n) is 16.0. The molecule has 0 unspecified atom stereocenters. The highest BCUT2D eigenvalue weighted by atomic mass is 35.5. The molecule has 1 saturated heterocycles. The number of hydrogen-bond acceptors (Lipinski definition) is 3. The summed E-state index contributed by atoms with van der Waals surface area (Å²) in [6.45, 7) is 7.36. The van der Waals surface area contributed by atoms with Crippen LogP contribution in [0.15, 0.2) is 30.3 Å². The molecule has 27 heavy (non-hydrogen) atoms. The number of nitrogens with zero attached hydrogens (tertiary/aromatic N) is 2. The summed E-state index contributed by atoms with van der Waals surface area (Å²) in [5.74, 6) is -0.195. The maximum absolute atomic E-state index is 13.2. The highest BCUT2D eigenvalue weighted by Gasteiger charge is 2.30. The van der Waals surface area contributed by atoms with Crippen LogP contribution in [0.2, 0.25) is 5.02 Å². The maximum atomic E-state index is 13.2. The SMILES string of the molecule is Cc1cc(C(=O)[C@@H](C)N2CCC(C(N)=O)CC2)c(C)n1-c1ccc(Cl)cc1. The van der Waals surface area contributed by atoms with E-state index in [1.165, 1.54) is 0 Å². The molecule has 2 aromatic rings. The van der Waals surface area contributed by atoms with E-state index in [0.29, 0.717) is 5.02 Å². The minimum absolute atomic E-state index is 0.0708. The fourth-order valence-electron chi connectivity index (χ4n) is 3.96. The van der Waals surface area contributed by atoms with Crippen molar-refractivity contribution in [2.75, 3.05) is 13.1 Å². The second-order valence-electron chi connectivity index (χ2n) is 7.35. The highest BCUT2D eigenvalue weighted by molar-refractivity contribution is 6.30. The summed E-state index contributed by atoms with van der Waals surface area (Å²) in [4.78, 5) is 26.7. The van der Waals surface area contributed by atoms with E-state index in [9.17, 15) is 9.59 Å². The molecule has 1 aliphatic rings. The van der Waals surface area contributed by atoms with E-state index in [0.717, 1.165) is 48.6 Å². The molecular weight excluding hydrogens is 362 g/mol. The topological polar surface area (TPSA) is 68.3 Å². The van der Waals surface area contributed by atoms with Gasteiger partial charge in [-0.25, -0.2) is 0 Å². The number of carbonyl (C=O) groups is 2. The Balaban J connectivity index is 1.80. The van der Waals surface area contributed by atoms with Crippen LogP contribution in [-0.4, -0.2) is 40.3 Å². The Morgan fingerprint density at radius 2 is 1.74 bits per heavy atom. The van der Waals surface area contributed by atoms with Gasteiger partial charge in [-0.15, -0.1) is 0 Å². The maximum Gasteiger partial charge on any atom is 0.220 e. The molecule has 1 aromatic carbocycles. The van der Waals surface area contributed by atoms with Gasteiger partial charge >= 0.3 is 0 Å². The lowest BCUT2D eigenvalue weighted by atomic mass is 9.94. The Morgan fingerprint density at radius 1 is 1.15 bits per heavy atom. The molecule has 2 N–H and O–H groups in total. The van der Waals surface area contributed by atoms with Gasteiger partial charge < -0.3 is 10.3 Å². The third-order valence-electron chi connectivity index (χ3n) is 5.64. The van der Waals surface area contributed by atoms with E-state index in [1.54, 1.807) is 0 Å². The molecule has 144 valence electrons. The summed E-state index contributed by atoms with van der Waals surface area (Å²) in [5.41, 5.74) is 9.08. The third-order valence-corrected chi connectivity index (χ3v) is 5.89. The van der Waals surface area contributed by atoms with Gasteiger partial charge in [0, 0.05) is 33.6 Å². The van der Waals surface area contributed by atoms with Crippen LogP contribution in [0, 0.1) is 19.8 Å². The molecule has 1 aliphatic heterocycles. The Kier molecular flexibility index (Phi) is 5.72. The van der Waals surface area contributed by atoms with E-state index in [2.05, 4.69) is 9.47 Å². The average Bonchev–Trinajstić information content (AvgIpc) is 2.95. The van der Waals surface area contributed by atoms with Crippen LogP contribution >= 0.6 is 11.6 Å². The number of Topliss-reactive ketones (excluding diaryl/α,β-unsaturated/α-hetero) is 1. The lowest BCUT2D eigenvalue weighted by Crippen LogP contribution is -2.46. The van der Waals surface area contributed by atoms with E-state index in [4.69, 9.17) is 17.3 Å². The minimum atomic E-state index is -0.236. The van der Waals surface area contributed by atoms with Crippen molar-refractivity contribution in [1.29, 1.82) is 0 Å². The molecule has 0 spiro atoms. The van der Waals surface area contributed by atoms with Crippen molar-refractivity contribution in [3.8, 4) is 5.69 Å². The standard InChI is InChI=1S/C21H26ClN3O2/c1-13-12-19(14(2)25(13)18-6-4-17(22)5-7-18)20(26)15(3)24-10-8-16(9-11-24)21(23)27/h4-7,12,15-16H,8-11H2,1-3H3,(H2,23,27)/t15-/m1/s1. The van der Waals surface area contributed by atoms with Crippen LogP contribution in [0.5, 0.6) is 0 Å². The number of nitrogens with two attached hydrogens (primary N) is 1. The van der Waals surface area contributed by atoms with Gasteiger partial charge in [-0.3, -0.25) is 14.5 Å². The quantitative estimate of drug-likeness (QED) is 0.798. The number of hydrogen-bond donors (Lipinski definition) is 1. The van der Waals surface area contributed by atoms with Crippen molar-refractivity contribution >= 4 is 23.3 Å². The third kappa shape index (κ3) is 3.94. The van der Waals surface area contributed by atoms with Crippen LogP contribution in [0.25, 0.3) is 5.69 Å². The van der Waals surface area contributed by atoms with Crippen molar-refractivity contribution < 1.29 is 9.59 Å². The molecule has 5 nitrogen and oxygen atoms in total. The Bertz CT molecular complexity index is 849. The number of aromatic nitrogens is 1. The average molecular weight is 388 g/mol. The molecule has 0 aliphatic carbocycles. The molecule has 1 aromatic heterocycles. The summed E-state index contributed by atoms with van der Waals surface area (Å²) >= 11 is 5.99. The number of ketones is 1. The van der Waals surface area contributed by atoms with Gasteiger partial charge in [-0.05, 0) is 77.0 Å². The summed E-state index contributed by atoms with van der Waals surface area (Å²) < 4.78 is 2.08. The van der Waals surface area contributed by atoms with Gasteiger partial charge in [0.2, 0.25) is 5.91 Å². The first-order chi connectivity index (χ1) is 12.8. The molecule has 0 saturated carbocycles. The second-order valence-corrected chi connectivity index (χ2v) is 7.79. The lowest BCUT2D eigenvalue weighted by Gasteiger charge is -2.34. The number of piperidine rings is 1. The predicted octanol–water partition coefficient (Wildman–Crippen LogP) is 3.52. The number of halogens is 1. The smallest absolute Gasteiger partial charge is 0.220 e. The van der Waals surface area contributed by atoms with Gasteiger partial charge in [0.25, 0.3) is 0 Å². The minimum Gasteiger partial charge on any atom is -0.369 e. The molecule has 0 bridgehead atoms. The van der Waals surface area contributed by atoms with Crippen LogP contribution in [0.3, 0.4) is 0 Å². The number of likely N-dealkylation sites (tertiary alicyclic amines) is 1. The molecule has 2 heterocycles. The van der Waals surface area contributed by atoms with Gasteiger partial charge in [0.05, 0.1) is 6.04 Å². The van der Waals surface area contributed by atoms with Crippen LogP contribution in [-0.2, 0) is 4.79 Å². The number of rotatable bonds is 5. The number of benzene rings is 1. The summed E-state index contributed by atoms with van der Waals surface area (Å²) in [5, 5.41) is 0.686. The lowest BCUT2D eigenvalue weighted by molar-refractivity contribution is -0.123. The molecular formula is C21H26ClN3O2. The van der Waals surface area contributed by atoms with E-state index >= 15 is 0 Å². The van der Waals surface area contributed by atoms with Crippen LogP contribution in [0.4, 0.5) is 0 Å². The van der Waals surface area contributed by atoms with Crippen molar-refractivity contribution in [2.24, 2.45) is 11.7 Å². The fraction of sp³-hybridized carbons (Fsp3) is 0.429. The highest BCUT2D eigenvalue weighted by Crippen LogP contribution is 2.25. The van der Waals surface area contributed by atoms with Crippen molar-refractivity contribution in [3.05, 3.63) is 52.3 Å². The summed E-state index contributed by atoms with van der Waals surface area (Å²) in [6, 6.07) is 9.34. The fourth-order valence-corrected chi connectivity index (χ4v) is 4.09. The summed E-state index contributed by atoms with van der Waals surface area (Å²) in [6.07, 6.45) is 1.44. The number of carbonyl (C=O) groups excluding carboxylic acids is 2. The zero-order valence-corrected chi connectivity index (χ0v) is 16.8. The van der Waals surface area contributed by atoms with Crippen LogP contribution < -0.4 is 5.73 Å². The second kappa shape index (κ2) is 7.87. The van der Waals surface area contributed by atoms with E-state index in [-0.39, 0.29) is 23.7 Å². The molecule has 0 radical (unpaired) electrons. The first-order valence-electron chi connectivity index (χ1n) is 9.32. The summed E-state index contributed by atoms with van der Waals surface area (Å²) in [7, 11) is 0. The zero-order chi connectivity index (χ0) is 19.7. The molecule has 1 fully saturated rings. The monoisotopic (exact) mass is 387 g/mol. The number of aryl methyl sites for hydroxylation is 1. The first kappa shape index (κ1) is 19.6. The van der Waals surface area contributed by atoms with Gasteiger partial charge in [-0.2, -0.15) is 0 Å². The van der Waals surface area contributed by atoms with Gasteiger partial charge in [-0.1, -0.05) is 11.6 Å². The van der Waals surface area contributed by atoms with Crippen LogP contribution in [0.1, 0.15) is 41.5 Å². The van der Waals surface area contributed by atoms with E-state index < -0.39 is 0 Å². The van der Waals surface area contributed by atoms with Crippen molar-refractivity contribution in [2.45, 2.75) is 39.7 Å². The number of amides is 1. The largest absolute Gasteiger partial charge is 0.369 e. The molecule has 3 rings (SSSR count). The first-order valence-corrected chi connectivity index (χ1v) is 9.70. The van der Waals surface area contributed by atoms with Gasteiger partial charge in [0.1, 0.15) is 0 Å². The van der Waals surface area contributed by atoms with Crippen molar-refractivity contribution in [1.82, 2.24) is 9.47 Å².